The first-order valence-corrected chi connectivity index (χ1v) is 16.6. The zero-order valence-corrected chi connectivity index (χ0v) is 27.7. The molecule has 0 aliphatic rings. The van der Waals surface area contributed by atoms with Crippen molar-refractivity contribution in [2.45, 2.75) is 10.1 Å². The van der Waals surface area contributed by atoms with Gasteiger partial charge in [-0.25, -0.2) is 0 Å². The Bertz CT molecular complexity index is 2170. The molecular weight excluding hydrogens is 665 g/mol. The minimum absolute atomic E-state index is 0.0247. The fourth-order valence-corrected chi connectivity index (χ4v) is 6.02. The van der Waals surface area contributed by atoms with E-state index >= 15 is 0 Å². The number of nitrogens with zero attached hydrogens (tertiary/aromatic N) is 1. The van der Waals surface area contributed by atoms with Crippen LogP contribution in [0.1, 0.15) is 26.9 Å². The predicted molar refractivity (Wildman–Crippen MR) is 198 cm³/mol. The minimum atomic E-state index is -0.654. The van der Waals surface area contributed by atoms with E-state index in [1.54, 1.807) is 66.7 Å². The predicted octanol–water partition coefficient (Wildman–Crippen LogP) is 8.74. The minimum Gasteiger partial charge on any atom is -0.457 e. The molecule has 1 atom stereocenters. The second kappa shape index (κ2) is 16.1. The van der Waals surface area contributed by atoms with Gasteiger partial charge < -0.3 is 20.4 Å². The molecule has 0 saturated heterocycles. The van der Waals surface area contributed by atoms with Crippen molar-refractivity contribution in [1.82, 2.24) is 5.32 Å². The van der Waals surface area contributed by atoms with E-state index in [4.69, 9.17) is 4.42 Å². The van der Waals surface area contributed by atoms with Crippen LogP contribution in [0, 0.1) is 10.1 Å². The highest BCUT2D eigenvalue weighted by atomic mass is 32.2. The summed E-state index contributed by atoms with van der Waals surface area (Å²) in [6, 6.07) is 43.4. The van der Waals surface area contributed by atoms with Crippen LogP contribution in [0.25, 0.3) is 17.4 Å². The van der Waals surface area contributed by atoms with Crippen LogP contribution >= 0.6 is 11.8 Å². The Morgan fingerprint density at radius 2 is 1.27 bits per heavy atom. The van der Waals surface area contributed by atoms with Gasteiger partial charge in [0, 0.05) is 45.6 Å². The Hall–Kier alpha value is -6.72. The van der Waals surface area contributed by atoms with Gasteiger partial charge in [-0.3, -0.25) is 24.5 Å². The number of carbonyl (C=O) groups is 3. The monoisotopic (exact) mass is 694 g/mol. The summed E-state index contributed by atoms with van der Waals surface area (Å²) in [5.41, 5.74) is 2.80. The molecule has 3 amide bonds. The zero-order valence-electron chi connectivity index (χ0n) is 26.9. The van der Waals surface area contributed by atoms with Crippen molar-refractivity contribution in [3.8, 4) is 11.3 Å². The molecule has 0 fully saturated rings. The van der Waals surface area contributed by atoms with E-state index in [0.29, 0.717) is 28.5 Å². The molecular formula is C40H30N4O6S. The van der Waals surface area contributed by atoms with Crippen molar-refractivity contribution in [2.75, 3.05) is 10.6 Å². The van der Waals surface area contributed by atoms with Crippen molar-refractivity contribution in [3.63, 3.8) is 0 Å². The van der Waals surface area contributed by atoms with E-state index in [0.717, 1.165) is 16.0 Å². The van der Waals surface area contributed by atoms with Gasteiger partial charge in [0.15, 0.2) is 0 Å². The lowest BCUT2D eigenvalue weighted by Gasteiger charge is -2.17. The van der Waals surface area contributed by atoms with Crippen LogP contribution in [-0.2, 0) is 9.59 Å². The summed E-state index contributed by atoms with van der Waals surface area (Å²) in [5.74, 6) is -0.355. The summed E-state index contributed by atoms with van der Waals surface area (Å²) in [7, 11) is 0. The molecule has 0 bridgehead atoms. The van der Waals surface area contributed by atoms with Crippen LogP contribution in [-0.4, -0.2) is 22.6 Å². The van der Waals surface area contributed by atoms with E-state index in [9.17, 15) is 24.5 Å². The van der Waals surface area contributed by atoms with Gasteiger partial charge in [-0.2, -0.15) is 0 Å². The smallest absolute Gasteiger partial charge is 0.272 e. The van der Waals surface area contributed by atoms with Crippen molar-refractivity contribution < 1.29 is 23.7 Å². The summed E-state index contributed by atoms with van der Waals surface area (Å²) >= 11 is 1.31. The van der Waals surface area contributed by atoms with Crippen LogP contribution in [0.2, 0.25) is 0 Å². The standard InChI is InChI=1S/C40H30N4O6S/c45-38(29-14-8-3-9-15-29)43-35(26-33-22-25-36(50-33)27-10-4-1-5-11-27)39(46)41-31-18-23-34(24-19-31)51-37(28-12-6-2-7-13-28)40(47)42-30-16-20-32(21-17-30)44(48)49/h1-26,37H,(H,41,46)(H,42,47)(H,43,45)/b35-26+/t37-/m0/s1. The topological polar surface area (TPSA) is 144 Å². The van der Waals surface area contributed by atoms with Crippen LogP contribution in [0.15, 0.2) is 167 Å². The number of hydrogen-bond donors (Lipinski definition) is 3. The quantitative estimate of drug-likeness (QED) is 0.0503. The molecule has 6 aromatic rings. The number of nitro groups is 1. The molecule has 11 heteroatoms. The number of hydrogen-bond acceptors (Lipinski definition) is 7. The number of benzene rings is 5. The third-order valence-corrected chi connectivity index (χ3v) is 8.82. The van der Waals surface area contributed by atoms with Crippen LogP contribution < -0.4 is 16.0 Å². The highest BCUT2D eigenvalue weighted by Gasteiger charge is 2.23. The van der Waals surface area contributed by atoms with Crippen molar-refractivity contribution >= 4 is 52.6 Å². The van der Waals surface area contributed by atoms with E-state index < -0.39 is 22.0 Å². The summed E-state index contributed by atoms with van der Waals surface area (Å²) in [6.07, 6.45) is 1.47. The Morgan fingerprint density at radius 3 is 1.92 bits per heavy atom. The molecule has 1 aromatic heterocycles. The molecule has 6 rings (SSSR count). The molecule has 3 N–H and O–H groups in total. The number of non-ortho nitro benzene ring substituents is 1. The number of nitro benzene ring substituents is 1. The maximum Gasteiger partial charge on any atom is 0.272 e. The number of thioether (sulfide) groups is 1. The zero-order chi connectivity index (χ0) is 35.6. The largest absolute Gasteiger partial charge is 0.457 e. The van der Waals surface area contributed by atoms with Crippen LogP contribution in [0.4, 0.5) is 17.1 Å². The van der Waals surface area contributed by atoms with Gasteiger partial charge in [-0.1, -0.05) is 78.9 Å². The third-order valence-electron chi connectivity index (χ3n) is 7.55. The van der Waals surface area contributed by atoms with Crippen LogP contribution in [0.5, 0.6) is 0 Å². The first-order chi connectivity index (χ1) is 24.8. The van der Waals surface area contributed by atoms with E-state index in [1.165, 1.54) is 42.1 Å². The van der Waals surface area contributed by atoms with E-state index in [-0.39, 0.29) is 17.3 Å². The molecule has 252 valence electrons. The molecule has 0 aliphatic heterocycles. The van der Waals surface area contributed by atoms with Gasteiger partial charge in [-0.15, -0.1) is 11.8 Å². The Labute approximate surface area is 297 Å². The molecule has 0 saturated carbocycles. The Balaban J connectivity index is 1.19. The fourth-order valence-electron chi connectivity index (χ4n) is 5.00. The lowest BCUT2D eigenvalue weighted by atomic mass is 10.1. The number of carbonyl (C=O) groups excluding carboxylic acids is 3. The Kier molecular flexibility index (Phi) is 10.8. The van der Waals surface area contributed by atoms with Crippen molar-refractivity contribution in [2.24, 2.45) is 0 Å². The number of nitrogens with one attached hydrogen (secondary N) is 3. The van der Waals surface area contributed by atoms with Gasteiger partial charge in [0.25, 0.3) is 17.5 Å². The second-order valence-electron chi connectivity index (χ2n) is 11.1. The average molecular weight is 695 g/mol. The molecule has 0 radical (unpaired) electrons. The van der Waals surface area contributed by atoms with Crippen molar-refractivity contribution in [3.05, 3.63) is 184 Å². The van der Waals surface area contributed by atoms with Gasteiger partial charge in [0.05, 0.1) is 4.92 Å². The van der Waals surface area contributed by atoms with E-state index in [1.807, 2.05) is 60.7 Å². The van der Waals surface area contributed by atoms with Gasteiger partial charge >= 0.3 is 0 Å². The highest BCUT2D eigenvalue weighted by Crippen LogP contribution is 2.37. The fraction of sp³-hybridized carbons (Fsp3) is 0.0250. The van der Waals surface area contributed by atoms with Gasteiger partial charge in [-0.05, 0) is 66.2 Å². The van der Waals surface area contributed by atoms with Crippen molar-refractivity contribution in [1.29, 1.82) is 0 Å². The highest BCUT2D eigenvalue weighted by molar-refractivity contribution is 8.00. The molecule has 0 spiro atoms. The first kappa shape index (κ1) is 34.2. The normalized spacial score (nSPS) is 11.6. The van der Waals surface area contributed by atoms with Crippen LogP contribution in [0.3, 0.4) is 0 Å². The maximum absolute atomic E-state index is 13.6. The molecule has 0 unspecified atom stereocenters. The third kappa shape index (κ3) is 9.05. The van der Waals surface area contributed by atoms with E-state index in [2.05, 4.69) is 16.0 Å². The summed E-state index contributed by atoms with van der Waals surface area (Å²) in [4.78, 5) is 51.4. The number of amides is 3. The lowest BCUT2D eigenvalue weighted by molar-refractivity contribution is -0.384. The summed E-state index contributed by atoms with van der Waals surface area (Å²) in [5, 5.41) is 18.8. The molecule has 51 heavy (non-hydrogen) atoms. The lowest BCUT2D eigenvalue weighted by Crippen LogP contribution is -2.30. The molecule has 0 aliphatic carbocycles. The second-order valence-corrected chi connectivity index (χ2v) is 12.3. The SMILES string of the molecule is O=C(Nc1ccc(S[C@H](C(=O)Nc2ccc([N+](=O)[O-])cc2)c2ccccc2)cc1)/C(=C\c1ccc(-c2ccccc2)o1)NC(=O)c1ccccc1. The first-order valence-electron chi connectivity index (χ1n) is 15.7. The molecule has 10 nitrogen and oxygen atoms in total. The summed E-state index contributed by atoms with van der Waals surface area (Å²) in [6.45, 7) is 0. The maximum atomic E-state index is 13.6. The Morgan fingerprint density at radius 1 is 0.686 bits per heavy atom. The average Bonchev–Trinajstić information content (AvgIpc) is 3.64. The number of furan rings is 1. The number of rotatable bonds is 12. The summed E-state index contributed by atoms with van der Waals surface area (Å²) < 4.78 is 5.98. The number of anilines is 2. The molecule has 1 heterocycles. The molecule has 5 aromatic carbocycles. The van der Waals surface area contributed by atoms with Gasteiger partial charge in [0.1, 0.15) is 22.5 Å². The van der Waals surface area contributed by atoms with Gasteiger partial charge in [0.2, 0.25) is 5.91 Å².